The van der Waals surface area contributed by atoms with Crippen LogP contribution in [0.5, 0.6) is 5.75 Å². The summed E-state index contributed by atoms with van der Waals surface area (Å²) in [7, 11) is 0. The minimum atomic E-state index is -0.830. The van der Waals surface area contributed by atoms with Gasteiger partial charge in [-0.3, -0.25) is 9.59 Å². The summed E-state index contributed by atoms with van der Waals surface area (Å²) in [5.74, 6) is -0.179. The number of hydrogen-bond acceptors (Lipinski definition) is 4. The van der Waals surface area contributed by atoms with E-state index in [1.807, 2.05) is 12.1 Å². The van der Waals surface area contributed by atoms with Crippen molar-refractivity contribution in [2.45, 2.75) is 38.2 Å². The Kier molecular flexibility index (Phi) is 6.21. The standard InChI is InChI=1S/C16H21NO5/c18-15(3-1-2-4-16(19)20)17-12-5-7-13(8-6-12)22-14-9-10-21-11-14/h5-8,14H,1-4,9-11H2,(H,17,18)(H,19,20). The van der Waals surface area contributed by atoms with Crippen LogP contribution in [-0.4, -0.2) is 36.3 Å². The Labute approximate surface area is 129 Å². The number of anilines is 1. The number of hydrogen-bond donors (Lipinski definition) is 2. The number of unbranched alkanes of at least 4 members (excludes halogenated alkanes) is 1. The van der Waals surface area contributed by atoms with E-state index in [0.29, 0.717) is 31.6 Å². The molecule has 1 atom stereocenters. The molecule has 1 saturated heterocycles. The van der Waals surface area contributed by atoms with Crippen molar-refractivity contribution in [2.24, 2.45) is 0 Å². The highest BCUT2D eigenvalue weighted by Gasteiger charge is 2.16. The Balaban J connectivity index is 1.70. The van der Waals surface area contributed by atoms with Gasteiger partial charge < -0.3 is 19.9 Å². The van der Waals surface area contributed by atoms with Crippen LogP contribution in [0.3, 0.4) is 0 Å². The number of carbonyl (C=O) groups is 2. The van der Waals surface area contributed by atoms with Gasteiger partial charge in [0.05, 0.1) is 13.2 Å². The van der Waals surface area contributed by atoms with E-state index in [1.54, 1.807) is 12.1 Å². The molecule has 2 rings (SSSR count). The Morgan fingerprint density at radius 3 is 2.59 bits per heavy atom. The molecule has 0 radical (unpaired) electrons. The summed E-state index contributed by atoms with van der Waals surface area (Å²) in [6, 6.07) is 7.22. The van der Waals surface area contributed by atoms with Crippen molar-refractivity contribution in [3.05, 3.63) is 24.3 Å². The van der Waals surface area contributed by atoms with Crippen LogP contribution in [0.1, 0.15) is 32.1 Å². The van der Waals surface area contributed by atoms with Gasteiger partial charge in [0, 0.05) is 24.9 Å². The summed E-state index contributed by atoms with van der Waals surface area (Å²) in [6.45, 7) is 1.36. The molecule has 0 aliphatic carbocycles. The number of carboxylic acid groups (broad SMARTS) is 1. The van der Waals surface area contributed by atoms with Gasteiger partial charge in [0.15, 0.2) is 0 Å². The summed E-state index contributed by atoms with van der Waals surface area (Å²) in [5, 5.41) is 11.3. The molecule has 1 aliphatic heterocycles. The fourth-order valence-electron chi connectivity index (χ4n) is 2.20. The van der Waals surface area contributed by atoms with Crippen LogP contribution in [0.15, 0.2) is 24.3 Å². The van der Waals surface area contributed by atoms with E-state index in [0.717, 1.165) is 18.8 Å². The topological polar surface area (TPSA) is 84.9 Å². The van der Waals surface area contributed by atoms with E-state index >= 15 is 0 Å². The number of carboxylic acids is 1. The second kappa shape index (κ2) is 8.38. The van der Waals surface area contributed by atoms with E-state index in [4.69, 9.17) is 14.6 Å². The third-order valence-electron chi connectivity index (χ3n) is 3.37. The molecule has 1 aromatic rings. The highest BCUT2D eigenvalue weighted by molar-refractivity contribution is 5.90. The fourth-order valence-corrected chi connectivity index (χ4v) is 2.20. The van der Waals surface area contributed by atoms with Gasteiger partial charge in [0.25, 0.3) is 0 Å². The van der Waals surface area contributed by atoms with E-state index in [1.165, 1.54) is 0 Å². The third kappa shape index (κ3) is 5.73. The van der Waals surface area contributed by atoms with Crippen LogP contribution in [0, 0.1) is 0 Å². The first-order valence-electron chi connectivity index (χ1n) is 7.49. The van der Waals surface area contributed by atoms with E-state index < -0.39 is 5.97 Å². The largest absolute Gasteiger partial charge is 0.488 e. The molecule has 120 valence electrons. The summed E-state index contributed by atoms with van der Waals surface area (Å²) in [4.78, 5) is 22.1. The van der Waals surface area contributed by atoms with E-state index in [2.05, 4.69) is 5.32 Å². The van der Waals surface area contributed by atoms with E-state index in [-0.39, 0.29) is 18.4 Å². The number of rotatable bonds is 8. The highest BCUT2D eigenvalue weighted by atomic mass is 16.5. The summed E-state index contributed by atoms with van der Waals surface area (Å²) >= 11 is 0. The van der Waals surface area contributed by atoms with Gasteiger partial charge in [-0.05, 0) is 37.1 Å². The molecule has 0 aromatic heterocycles. The van der Waals surface area contributed by atoms with Crippen LogP contribution < -0.4 is 10.1 Å². The second-order valence-corrected chi connectivity index (χ2v) is 5.28. The Morgan fingerprint density at radius 1 is 1.23 bits per heavy atom. The van der Waals surface area contributed by atoms with Gasteiger partial charge in [0.2, 0.25) is 5.91 Å². The highest BCUT2D eigenvalue weighted by Crippen LogP contribution is 2.19. The first-order valence-corrected chi connectivity index (χ1v) is 7.49. The molecule has 1 heterocycles. The van der Waals surface area contributed by atoms with Crippen LogP contribution in [0.2, 0.25) is 0 Å². The van der Waals surface area contributed by atoms with Crippen molar-refractivity contribution in [1.82, 2.24) is 0 Å². The van der Waals surface area contributed by atoms with Crippen LogP contribution in [0.25, 0.3) is 0 Å². The molecular formula is C16H21NO5. The van der Waals surface area contributed by atoms with Gasteiger partial charge >= 0.3 is 5.97 Å². The Morgan fingerprint density at radius 2 is 1.95 bits per heavy atom. The maximum atomic E-state index is 11.7. The van der Waals surface area contributed by atoms with Crippen LogP contribution in [-0.2, 0) is 14.3 Å². The zero-order valence-corrected chi connectivity index (χ0v) is 12.4. The molecule has 1 aliphatic rings. The average molecular weight is 307 g/mol. The summed E-state index contributed by atoms with van der Waals surface area (Å²) in [6.07, 6.45) is 2.51. The van der Waals surface area contributed by atoms with E-state index in [9.17, 15) is 9.59 Å². The van der Waals surface area contributed by atoms with Gasteiger partial charge in [-0.1, -0.05) is 0 Å². The number of aliphatic carboxylic acids is 1. The Bertz CT molecular complexity index is 494. The van der Waals surface area contributed by atoms with Crippen molar-refractivity contribution in [1.29, 1.82) is 0 Å². The van der Waals surface area contributed by atoms with Crippen molar-refractivity contribution in [3.8, 4) is 5.75 Å². The average Bonchev–Trinajstić information content (AvgIpc) is 2.98. The van der Waals surface area contributed by atoms with Crippen LogP contribution in [0.4, 0.5) is 5.69 Å². The fraction of sp³-hybridized carbons (Fsp3) is 0.500. The maximum Gasteiger partial charge on any atom is 0.303 e. The lowest BCUT2D eigenvalue weighted by Crippen LogP contribution is -2.15. The molecular weight excluding hydrogens is 286 g/mol. The van der Waals surface area contributed by atoms with Crippen molar-refractivity contribution in [2.75, 3.05) is 18.5 Å². The monoisotopic (exact) mass is 307 g/mol. The molecule has 1 amide bonds. The lowest BCUT2D eigenvalue weighted by molar-refractivity contribution is -0.137. The Hall–Kier alpha value is -2.08. The third-order valence-corrected chi connectivity index (χ3v) is 3.37. The minimum absolute atomic E-state index is 0.101. The molecule has 22 heavy (non-hydrogen) atoms. The lowest BCUT2D eigenvalue weighted by atomic mass is 10.2. The van der Waals surface area contributed by atoms with Crippen molar-refractivity contribution >= 4 is 17.6 Å². The molecule has 0 saturated carbocycles. The van der Waals surface area contributed by atoms with Crippen molar-refractivity contribution in [3.63, 3.8) is 0 Å². The molecule has 1 unspecified atom stereocenters. The maximum absolute atomic E-state index is 11.7. The van der Waals surface area contributed by atoms with Gasteiger partial charge in [-0.15, -0.1) is 0 Å². The predicted molar refractivity (Wildman–Crippen MR) is 81.0 cm³/mol. The number of amides is 1. The van der Waals surface area contributed by atoms with Crippen LogP contribution >= 0.6 is 0 Å². The number of nitrogens with one attached hydrogen (secondary N) is 1. The van der Waals surface area contributed by atoms with Gasteiger partial charge in [-0.25, -0.2) is 0 Å². The zero-order valence-electron chi connectivity index (χ0n) is 12.4. The number of benzene rings is 1. The predicted octanol–water partition coefficient (Wildman–Crippen LogP) is 2.44. The molecule has 6 nitrogen and oxygen atoms in total. The first kappa shape index (κ1) is 16.3. The van der Waals surface area contributed by atoms with Gasteiger partial charge in [-0.2, -0.15) is 0 Å². The first-order chi connectivity index (χ1) is 10.6. The number of carbonyl (C=O) groups excluding carboxylic acids is 1. The molecule has 0 spiro atoms. The molecule has 1 aromatic carbocycles. The molecule has 1 fully saturated rings. The SMILES string of the molecule is O=C(O)CCCCC(=O)Nc1ccc(OC2CCOC2)cc1. The minimum Gasteiger partial charge on any atom is -0.488 e. The normalized spacial score (nSPS) is 17.2. The quantitative estimate of drug-likeness (QED) is 0.721. The summed E-state index contributed by atoms with van der Waals surface area (Å²) in [5.41, 5.74) is 0.707. The summed E-state index contributed by atoms with van der Waals surface area (Å²) < 4.78 is 11.0. The molecule has 6 heteroatoms. The smallest absolute Gasteiger partial charge is 0.303 e. The molecule has 0 bridgehead atoms. The van der Waals surface area contributed by atoms with Crippen molar-refractivity contribution < 1.29 is 24.2 Å². The number of ether oxygens (including phenoxy) is 2. The molecule has 2 N–H and O–H groups in total. The van der Waals surface area contributed by atoms with Gasteiger partial charge in [0.1, 0.15) is 11.9 Å². The zero-order chi connectivity index (χ0) is 15.8. The lowest BCUT2D eigenvalue weighted by Gasteiger charge is -2.12. The second-order valence-electron chi connectivity index (χ2n) is 5.28.